The third-order valence-electron chi connectivity index (χ3n) is 1.60. The van der Waals surface area contributed by atoms with E-state index in [1.54, 1.807) is 6.92 Å². The van der Waals surface area contributed by atoms with Crippen LogP contribution in [0.3, 0.4) is 0 Å². The molecule has 82 valence electrons. The quantitative estimate of drug-likeness (QED) is 0.413. The molecule has 1 atom stereocenters. The predicted molar refractivity (Wildman–Crippen MR) is 59.8 cm³/mol. The Labute approximate surface area is 91.3 Å². The van der Waals surface area contributed by atoms with Gasteiger partial charge in [0.15, 0.2) is 0 Å². The Bertz CT molecular complexity index is 282. The van der Waals surface area contributed by atoms with Gasteiger partial charge in [0.25, 0.3) is 0 Å². The van der Waals surface area contributed by atoms with Gasteiger partial charge >= 0.3 is 0 Å². The van der Waals surface area contributed by atoms with Crippen molar-refractivity contribution in [2.75, 3.05) is 11.6 Å². The summed E-state index contributed by atoms with van der Waals surface area (Å²) in [5, 5.41) is 0. The fourth-order valence-corrected chi connectivity index (χ4v) is 2.56. The molecular formula is C9H16ClNO2S. The van der Waals surface area contributed by atoms with Crippen LogP contribution in [-0.2, 0) is 10.0 Å². The second-order valence-corrected chi connectivity index (χ2v) is 5.39. The zero-order chi connectivity index (χ0) is 11.0. The lowest BCUT2D eigenvalue weighted by atomic mass is 10.3. The maximum absolute atomic E-state index is 11.4. The van der Waals surface area contributed by atoms with Crippen molar-refractivity contribution in [3.05, 3.63) is 0 Å². The van der Waals surface area contributed by atoms with Gasteiger partial charge in [0.1, 0.15) is 0 Å². The minimum Gasteiger partial charge on any atom is -0.212 e. The van der Waals surface area contributed by atoms with Gasteiger partial charge in [-0.25, -0.2) is 13.1 Å². The van der Waals surface area contributed by atoms with Gasteiger partial charge in [0.2, 0.25) is 10.0 Å². The highest BCUT2D eigenvalue weighted by Crippen LogP contribution is 1.99. The van der Waals surface area contributed by atoms with Crippen molar-refractivity contribution in [3.63, 3.8) is 0 Å². The number of terminal acetylenes is 1. The zero-order valence-corrected chi connectivity index (χ0v) is 9.87. The van der Waals surface area contributed by atoms with Crippen molar-refractivity contribution < 1.29 is 8.42 Å². The van der Waals surface area contributed by atoms with Crippen LogP contribution in [0, 0.1) is 12.3 Å². The molecular weight excluding hydrogens is 222 g/mol. The van der Waals surface area contributed by atoms with Crippen molar-refractivity contribution in [1.29, 1.82) is 0 Å². The van der Waals surface area contributed by atoms with Crippen LogP contribution in [0.1, 0.15) is 26.2 Å². The average molecular weight is 238 g/mol. The Morgan fingerprint density at radius 1 is 1.50 bits per heavy atom. The highest BCUT2D eigenvalue weighted by molar-refractivity contribution is 7.89. The number of rotatable bonds is 7. The van der Waals surface area contributed by atoms with Crippen molar-refractivity contribution in [2.24, 2.45) is 0 Å². The standard InChI is InChI=1S/C9H16ClNO2S/c1-3-6-9(2)11-14(12,13)8-5-4-7-10/h1,9,11H,4-8H2,2H3. The summed E-state index contributed by atoms with van der Waals surface area (Å²) < 4.78 is 25.2. The number of hydrogen-bond acceptors (Lipinski definition) is 2. The van der Waals surface area contributed by atoms with Crippen LogP contribution in [-0.4, -0.2) is 26.1 Å². The molecule has 0 spiro atoms. The third kappa shape index (κ3) is 7.19. The number of nitrogens with one attached hydrogen (secondary N) is 1. The Morgan fingerprint density at radius 2 is 2.14 bits per heavy atom. The molecule has 0 bridgehead atoms. The Hall–Kier alpha value is -0.240. The first-order chi connectivity index (χ1) is 6.52. The van der Waals surface area contributed by atoms with Crippen molar-refractivity contribution in [1.82, 2.24) is 4.72 Å². The Balaban J connectivity index is 3.90. The summed E-state index contributed by atoms with van der Waals surface area (Å²) in [6, 6.07) is -0.194. The summed E-state index contributed by atoms with van der Waals surface area (Å²) in [6.45, 7) is 1.75. The minimum atomic E-state index is -3.18. The molecule has 0 aromatic heterocycles. The van der Waals surface area contributed by atoms with Crippen LogP contribution in [0.5, 0.6) is 0 Å². The number of hydrogen-bond donors (Lipinski definition) is 1. The monoisotopic (exact) mass is 237 g/mol. The van der Waals surface area contributed by atoms with Crippen LogP contribution in [0.4, 0.5) is 0 Å². The first kappa shape index (κ1) is 13.8. The highest BCUT2D eigenvalue weighted by Gasteiger charge is 2.12. The van der Waals surface area contributed by atoms with Crippen LogP contribution >= 0.6 is 11.6 Å². The van der Waals surface area contributed by atoms with Crippen LogP contribution in [0.25, 0.3) is 0 Å². The summed E-state index contributed by atoms with van der Waals surface area (Å²) in [7, 11) is -3.18. The van der Waals surface area contributed by atoms with Crippen LogP contribution < -0.4 is 4.72 Å². The van der Waals surface area contributed by atoms with Crippen LogP contribution in [0.2, 0.25) is 0 Å². The second-order valence-electron chi connectivity index (χ2n) is 3.14. The van der Waals surface area contributed by atoms with Crippen molar-refractivity contribution >= 4 is 21.6 Å². The third-order valence-corrected chi connectivity index (χ3v) is 3.46. The number of halogens is 1. The Morgan fingerprint density at radius 3 is 2.64 bits per heavy atom. The van der Waals surface area contributed by atoms with Crippen molar-refractivity contribution in [3.8, 4) is 12.3 Å². The maximum Gasteiger partial charge on any atom is 0.211 e. The maximum atomic E-state index is 11.4. The minimum absolute atomic E-state index is 0.120. The number of unbranched alkanes of at least 4 members (excludes halogenated alkanes) is 1. The first-order valence-corrected chi connectivity index (χ1v) is 6.70. The number of sulfonamides is 1. The fourth-order valence-electron chi connectivity index (χ4n) is 0.970. The van der Waals surface area contributed by atoms with E-state index < -0.39 is 10.0 Å². The van der Waals surface area contributed by atoms with Gasteiger partial charge in [-0.05, 0) is 19.8 Å². The molecule has 0 saturated heterocycles. The lowest BCUT2D eigenvalue weighted by Gasteiger charge is -2.10. The molecule has 0 aliphatic heterocycles. The van der Waals surface area contributed by atoms with E-state index in [2.05, 4.69) is 10.6 Å². The van der Waals surface area contributed by atoms with Gasteiger partial charge in [-0.3, -0.25) is 0 Å². The molecule has 0 fully saturated rings. The van der Waals surface area contributed by atoms with Crippen molar-refractivity contribution in [2.45, 2.75) is 32.2 Å². The molecule has 0 radical (unpaired) electrons. The molecule has 0 rings (SSSR count). The van der Waals surface area contributed by atoms with Gasteiger partial charge in [-0.15, -0.1) is 23.9 Å². The molecule has 5 heteroatoms. The molecule has 14 heavy (non-hydrogen) atoms. The molecule has 1 unspecified atom stereocenters. The summed E-state index contributed by atoms with van der Waals surface area (Å²) in [5.74, 6) is 3.02. The molecule has 0 amide bonds. The molecule has 0 aliphatic rings. The zero-order valence-electron chi connectivity index (χ0n) is 8.29. The van der Waals surface area contributed by atoms with E-state index in [0.717, 1.165) is 0 Å². The largest absolute Gasteiger partial charge is 0.212 e. The van der Waals surface area contributed by atoms with E-state index in [1.807, 2.05) is 0 Å². The van der Waals surface area contributed by atoms with E-state index in [4.69, 9.17) is 18.0 Å². The number of alkyl halides is 1. The van der Waals surface area contributed by atoms with Gasteiger partial charge in [0.05, 0.1) is 5.75 Å². The van der Waals surface area contributed by atoms with E-state index in [1.165, 1.54) is 0 Å². The SMILES string of the molecule is C#CCC(C)NS(=O)(=O)CCCCCl. The van der Waals surface area contributed by atoms with E-state index in [-0.39, 0.29) is 11.8 Å². The molecule has 1 N–H and O–H groups in total. The summed E-state index contributed by atoms with van der Waals surface area (Å²) in [4.78, 5) is 0. The van der Waals surface area contributed by atoms with Crippen LogP contribution in [0.15, 0.2) is 0 Å². The van der Waals surface area contributed by atoms with Gasteiger partial charge in [-0.2, -0.15) is 0 Å². The van der Waals surface area contributed by atoms with Gasteiger partial charge in [0, 0.05) is 18.3 Å². The van der Waals surface area contributed by atoms with Gasteiger partial charge < -0.3 is 0 Å². The lowest BCUT2D eigenvalue weighted by Crippen LogP contribution is -2.34. The van der Waals surface area contributed by atoms with E-state index in [9.17, 15) is 8.42 Å². The normalized spacial score (nSPS) is 13.5. The Kier molecular flexibility index (Phi) is 6.98. The summed E-state index contributed by atoms with van der Waals surface area (Å²) in [6.07, 6.45) is 6.78. The molecule has 0 heterocycles. The fraction of sp³-hybridized carbons (Fsp3) is 0.778. The molecule has 3 nitrogen and oxygen atoms in total. The summed E-state index contributed by atoms with van der Waals surface area (Å²) in [5.41, 5.74) is 0. The molecule has 0 saturated carbocycles. The highest BCUT2D eigenvalue weighted by atomic mass is 35.5. The second kappa shape index (κ2) is 7.10. The molecule has 0 aromatic carbocycles. The molecule has 0 aliphatic carbocycles. The van der Waals surface area contributed by atoms with E-state index in [0.29, 0.717) is 25.1 Å². The summed E-state index contributed by atoms with van der Waals surface area (Å²) >= 11 is 5.44. The van der Waals surface area contributed by atoms with Gasteiger partial charge in [-0.1, -0.05) is 0 Å². The van der Waals surface area contributed by atoms with E-state index >= 15 is 0 Å². The molecule has 0 aromatic rings. The topological polar surface area (TPSA) is 46.2 Å². The average Bonchev–Trinajstić information content (AvgIpc) is 2.03. The lowest BCUT2D eigenvalue weighted by molar-refractivity contribution is 0.561. The first-order valence-electron chi connectivity index (χ1n) is 4.51. The smallest absolute Gasteiger partial charge is 0.211 e. The predicted octanol–water partition coefficient (Wildman–Crippen LogP) is 1.34.